The third-order valence-electron chi connectivity index (χ3n) is 1.18. The van der Waals surface area contributed by atoms with Crippen LogP contribution in [0.5, 0.6) is 0 Å². The normalized spacial score (nSPS) is 8.43. The molecule has 0 aliphatic heterocycles. The highest BCUT2D eigenvalue weighted by Crippen LogP contribution is 2.10. The highest BCUT2D eigenvalue weighted by Gasteiger charge is 2.14. The molecule has 4 nitrogen and oxygen atoms in total. The monoisotopic (exact) mass is 204 g/mol. The van der Waals surface area contributed by atoms with Crippen molar-refractivity contribution < 1.29 is 28.6 Å². The van der Waals surface area contributed by atoms with Crippen molar-refractivity contribution in [1.29, 1.82) is 0 Å². The summed E-state index contributed by atoms with van der Waals surface area (Å²) < 4.78 is 25.0. The average Bonchev–Trinajstić information content (AvgIpc) is 2.04. The molecule has 2 N–H and O–H groups in total. The molecule has 0 bridgehead atoms. The molecule has 0 fully saturated rings. The van der Waals surface area contributed by atoms with Gasteiger partial charge in [0.15, 0.2) is 0 Å². The molecule has 0 amide bonds. The van der Waals surface area contributed by atoms with E-state index < -0.39 is 23.2 Å². The standard InChI is InChI=1S/C7H4F2O2.CH2O2/c8-4-2-1-3-5(9)6(4)7(10)11;2-1-3/h1-3H,(H,10,11);1H,(H,2,3). The molecule has 1 aromatic carbocycles. The van der Waals surface area contributed by atoms with Gasteiger partial charge in [-0.1, -0.05) is 6.07 Å². The van der Waals surface area contributed by atoms with E-state index in [0.717, 1.165) is 18.2 Å². The molecular formula is C8H6F2O4. The predicted molar refractivity (Wildman–Crippen MR) is 42.0 cm³/mol. The number of carboxylic acids is 1. The van der Waals surface area contributed by atoms with Gasteiger partial charge in [0.1, 0.15) is 17.2 Å². The van der Waals surface area contributed by atoms with E-state index in [-0.39, 0.29) is 6.47 Å². The van der Waals surface area contributed by atoms with Crippen LogP contribution in [-0.4, -0.2) is 22.7 Å². The molecule has 6 heteroatoms. The number of rotatable bonds is 1. The number of benzene rings is 1. The second-order valence-corrected chi connectivity index (χ2v) is 2.01. The van der Waals surface area contributed by atoms with E-state index in [1.807, 2.05) is 0 Å². The lowest BCUT2D eigenvalue weighted by Crippen LogP contribution is -2.03. The van der Waals surface area contributed by atoms with Gasteiger partial charge in [0.05, 0.1) is 0 Å². The fraction of sp³-hybridized carbons (Fsp3) is 0. The summed E-state index contributed by atoms with van der Waals surface area (Å²) in [6.45, 7) is -0.250. The fourth-order valence-corrected chi connectivity index (χ4v) is 0.702. The third-order valence-corrected chi connectivity index (χ3v) is 1.18. The van der Waals surface area contributed by atoms with Crippen LogP contribution in [0.25, 0.3) is 0 Å². The maximum absolute atomic E-state index is 12.5. The summed E-state index contributed by atoms with van der Waals surface area (Å²) in [5.74, 6) is -3.71. The maximum atomic E-state index is 12.5. The van der Waals surface area contributed by atoms with Gasteiger partial charge in [-0.15, -0.1) is 0 Å². The molecule has 0 aromatic heterocycles. The average molecular weight is 204 g/mol. The Morgan fingerprint density at radius 2 is 1.64 bits per heavy atom. The third kappa shape index (κ3) is 3.18. The smallest absolute Gasteiger partial charge is 0.341 e. The minimum Gasteiger partial charge on any atom is -0.483 e. The Kier molecular flexibility index (Phi) is 4.83. The molecule has 1 aromatic rings. The number of hydrogen-bond acceptors (Lipinski definition) is 2. The van der Waals surface area contributed by atoms with Gasteiger partial charge in [-0.25, -0.2) is 13.6 Å². The summed E-state index contributed by atoms with van der Waals surface area (Å²) in [6.07, 6.45) is 0. The van der Waals surface area contributed by atoms with E-state index in [0.29, 0.717) is 0 Å². The van der Waals surface area contributed by atoms with Crippen LogP contribution in [0.15, 0.2) is 18.2 Å². The van der Waals surface area contributed by atoms with Crippen LogP contribution in [0.3, 0.4) is 0 Å². The van der Waals surface area contributed by atoms with Crippen LogP contribution in [-0.2, 0) is 4.79 Å². The molecule has 14 heavy (non-hydrogen) atoms. The van der Waals surface area contributed by atoms with Gasteiger partial charge in [0, 0.05) is 0 Å². The summed E-state index contributed by atoms with van der Waals surface area (Å²) in [5, 5.41) is 15.2. The second-order valence-electron chi connectivity index (χ2n) is 2.01. The van der Waals surface area contributed by atoms with Gasteiger partial charge in [-0.3, -0.25) is 4.79 Å². The summed E-state index contributed by atoms with van der Waals surface area (Å²) >= 11 is 0. The Labute approximate surface area is 77.4 Å². The van der Waals surface area contributed by atoms with Crippen molar-refractivity contribution in [3.05, 3.63) is 35.4 Å². The lowest BCUT2D eigenvalue weighted by molar-refractivity contribution is -0.122. The SMILES string of the molecule is O=C(O)c1c(F)cccc1F.O=CO. The number of halogens is 2. The molecule has 0 saturated heterocycles. The Morgan fingerprint density at radius 3 is 1.86 bits per heavy atom. The molecule has 0 saturated carbocycles. The largest absolute Gasteiger partial charge is 0.483 e. The van der Waals surface area contributed by atoms with E-state index in [4.69, 9.17) is 15.0 Å². The van der Waals surface area contributed by atoms with Crippen molar-refractivity contribution in [2.24, 2.45) is 0 Å². The van der Waals surface area contributed by atoms with Gasteiger partial charge in [-0.2, -0.15) is 0 Å². The van der Waals surface area contributed by atoms with Crippen molar-refractivity contribution in [1.82, 2.24) is 0 Å². The van der Waals surface area contributed by atoms with E-state index in [1.165, 1.54) is 0 Å². The minimum atomic E-state index is -1.60. The van der Waals surface area contributed by atoms with Crippen LogP contribution in [0.2, 0.25) is 0 Å². The van der Waals surface area contributed by atoms with Gasteiger partial charge < -0.3 is 10.2 Å². The van der Waals surface area contributed by atoms with Gasteiger partial charge >= 0.3 is 5.97 Å². The minimum absolute atomic E-state index is 0.250. The van der Waals surface area contributed by atoms with Crippen molar-refractivity contribution >= 4 is 12.4 Å². The number of hydrogen-bond donors (Lipinski definition) is 2. The number of aromatic carboxylic acids is 1. The Hall–Kier alpha value is -1.98. The molecule has 0 atom stereocenters. The molecular weight excluding hydrogens is 198 g/mol. The Balaban J connectivity index is 0.000000500. The number of carboxylic acid groups (broad SMARTS) is 2. The summed E-state index contributed by atoms with van der Waals surface area (Å²) in [4.78, 5) is 18.5. The van der Waals surface area contributed by atoms with Crippen LogP contribution < -0.4 is 0 Å². The predicted octanol–water partition coefficient (Wildman–Crippen LogP) is 1.36. The van der Waals surface area contributed by atoms with E-state index in [9.17, 15) is 13.6 Å². The van der Waals surface area contributed by atoms with E-state index in [1.54, 1.807) is 0 Å². The maximum Gasteiger partial charge on any atom is 0.341 e. The zero-order valence-corrected chi connectivity index (χ0v) is 6.78. The first-order chi connectivity index (χ1) is 6.54. The van der Waals surface area contributed by atoms with Crippen LogP contribution >= 0.6 is 0 Å². The highest BCUT2D eigenvalue weighted by atomic mass is 19.1. The second kappa shape index (κ2) is 5.63. The summed E-state index contributed by atoms with van der Waals surface area (Å²) in [5.41, 5.74) is -0.910. The van der Waals surface area contributed by atoms with Gasteiger partial charge in [0.25, 0.3) is 6.47 Å². The summed E-state index contributed by atoms with van der Waals surface area (Å²) in [6, 6.07) is 2.90. The van der Waals surface area contributed by atoms with Crippen molar-refractivity contribution in [3.63, 3.8) is 0 Å². The summed E-state index contributed by atoms with van der Waals surface area (Å²) in [7, 11) is 0. The molecule has 0 unspecified atom stereocenters. The Bertz CT molecular complexity index is 318. The van der Waals surface area contributed by atoms with Crippen LogP contribution in [0.1, 0.15) is 10.4 Å². The molecule has 0 aliphatic carbocycles. The van der Waals surface area contributed by atoms with Crippen molar-refractivity contribution in [2.45, 2.75) is 0 Å². The molecule has 0 heterocycles. The molecule has 0 radical (unpaired) electrons. The molecule has 1 rings (SSSR count). The molecule has 0 spiro atoms. The first kappa shape index (κ1) is 12.0. The lowest BCUT2D eigenvalue weighted by Gasteiger charge is -1.96. The molecule has 0 aliphatic rings. The zero-order valence-electron chi connectivity index (χ0n) is 6.78. The number of carbonyl (C=O) groups is 2. The lowest BCUT2D eigenvalue weighted by atomic mass is 10.2. The highest BCUT2D eigenvalue weighted by molar-refractivity contribution is 5.88. The Morgan fingerprint density at radius 1 is 1.29 bits per heavy atom. The van der Waals surface area contributed by atoms with Gasteiger partial charge in [-0.05, 0) is 12.1 Å². The van der Waals surface area contributed by atoms with Crippen molar-refractivity contribution in [2.75, 3.05) is 0 Å². The van der Waals surface area contributed by atoms with Crippen LogP contribution in [0.4, 0.5) is 8.78 Å². The topological polar surface area (TPSA) is 74.6 Å². The van der Waals surface area contributed by atoms with Crippen LogP contribution in [0, 0.1) is 11.6 Å². The van der Waals surface area contributed by atoms with Gasteiger partial charge in [0.2, 0.25) is 0 Å². The molecule has 76 valence electrons. The first-order valence-electron chi connectivity index (χ1n) is 3.29. The quantitative estimate of drug-likeness (QED) is 0.677. The van der Waals surface area contributed by atoms with Crippen molar-refractivity contribution in [3.8, 4) is 0 Å². The zero-order chi connectivity index (χ0) is 11.1. The first-order valence-corrected chi connectivity index (χ1v) is 3.29. The van der Waals surface area contributed by atoms with E-state index in [2.05, 4.69) is 0 Å². The fourth-order valence-electron chi connectivity index (χ4n) is 0.702. The van der Waals surface area contributed by atoms with E-state index >= 15 is 0 Å².